The van der Waals surface area contributed by atoms with Crippen molar-refractivity contribution < 1.29 is 33.7 Å². The highest BCUT2D eigenvalue weighted by Gasteiger charge is 2.42. The molecule has 5 unspecified atom stereocenters. The van der Waals surface area contributed by atoms with E-state index in [1.54, 1.807) is 24.3 Å². The van der Waals surface area contributed by atoms with Gasteiger partial charge >= 0.3 is 6.09 Å². The number of likely N-dealkylation sites (N-methyl/N-ethyl adjacent to an activating group) is 1. The molecular weight excluding hydrogens is 574 g/mol. The average molecular weight is 614 g/mol. The first-order valence-corrected chi connectivity index (χ1v) is 15.0. The van der Waals surface area contributed by atoms with E-state index in [-0.39, 0.29) is 37.8 Å². The monoisotopic (exact) mass is 613 g/mol. The van der Waals surface area contributed by atoms with Crippen LogP contribution in [0.1, 0.15) is 48.0 Å². The van der Waals surface area contributed by atoms with E-state index in [9.17, 15) is 19.5 Å². The van der Waals surface area contributed by atoms with Gasteiger partial charge in [-0.3, -0.25) is 9.59 Å². The lowest BCUT2D eigenvalue weighted by Gasteiger charge is -2.42. The van der Waals surface area contributed by atoms with Crippen LogP contribution in [0.15, 0.2) is 91.5 Å². The summed E-state index contributed by atoms with van der Waals surface area (Å²) in [6.45, 7) is 7.33. The number of hydrogen-bond acceptors (Lipinski definition) is 8. The van der Waals surface area contributed by atoms with Gasteiger partial charge in [-0.25, -0.2) is 9.69 Å². The number of ether oxygens (including phenoxy) is 3. The Balaban J connectivity index is 1.28. The van der Waals surface area contributed by atoms with Crippen LogP contribution in [0.5, 0.6) is 0 Å². The van der Waals surface area contributed by atoms with Crippen molar-refractivity contribution in [1.29, 1.82) is 0 Å². The maximum Gasteiger partial charge on any atom is 0.408 e. The number of nitrogens with zero attached hydrogens (tertiary/aromatic N) is 2. The van der Waals surface area contributed by atoms with Gasteiger partial charge in [-0.15, -0.1) is 6.58 Å². The van der Waals surface area contributed by atoms with E-state index in [0.717, 1.165) is 27.2 Å². The third-order valence-electron chi connectivity index (χ3n) is 8.13. The van der Waals surface area contributed by atoms with Crippen LogP contribution in [-0.2, 0) is 37.0 Å². The summed E-state index contributed by atoms with van der Waals surface area (Å²) in [5.41, 5.74) is 3.73. The molecule has 0 spiro atoms. The van der Waals surface area contributed by atoms with Crippen molar-refractivity contribution in [2.24, 2.45) is 5.92 Å². The first kappa shape index (κ1) is 32.1. The smallest absolute Gasteiger partial charge is 0.408 e. The summed E-state index contributed by atoms with van der Waals surface area (Å²) >= 11 is 0. The molecular formula is C35H39N3O7. The molecule has 2 heterocycles. The van der Waals surface area contributed by atoms with Gasteiger partial charge in [0.1, 0.15) is 12.6 Å². The first-order chi connectivity index (χ1) is 21.8. The number of hydrogen-bond donors (Lipinski definition) is 2. The predicted octanol–water partition coefficient (Wildman–Crippen LogP) is 4.65. The third kappa shape index (κ3) is 7.66. The minimum absolute atomic E-state index is 0.0245. The Morgan fingerprint density at radius 3 is 2.38 bits per heavy atom. The third-order valence-corrected chi connectivity index (χ3v) is 8.13. The molecule has 10 heteroatoms. The Bertz CT molecular complexity index is 1480. The lowest BCUT2D eigenvalue weighted by molar-refractivity contribution is -0.275. The summed E-state index contributed by atoms with van der Waals surface area (Å²) in [5, 5.41) is 12.0. The lowest BCUT2D eigenvalue weighted by atomic mass is 9.90. The maximum atomic E-state index is 13.2. The van der Waals surface area contributed by atoms with Crippen LogP contribution in [0.3, 0.4) is 0 Å². The molecule has 3 amide bonds. The number of anilines is 1. The first-order valence-electron chi connectivity index (χ1n) is 15.0. The molecule has 0 aromatic heterocycles. The van der Waals surface area contributed by atoms with Crippen molar-refractivity contribution in [2.75, 3.05) is 25.0 Å². The molecule has 45 heavy (non-hydrogen) atoms. The van der Waals surface area contributed by atoms with E-state index >= 15 is 0 Å². The molecule has 2 N–H and O–H groups in total. The molecule has 5 rings (SSSR count). The van der Waals surface area contributed by atoms with Gasteiger partial charge in [0.15, 0.2) is 6.29 Å². The fourth-order valence-electron chi connectivity index (χ4n) is 5.63. The van der Waals surface area contributed by atoms with Gasteiger partial charge in [0.2, 0.25) is 5.91 Å². The molecule has 10 nitrogen and oxygen atoms in total. The van der Waals surface area contributed by atoms with Crippen molar-refractivity contribution >= 4 is 23.6 Å². The van der Waals surface area contributed by atoms with E-state index in [2.05, 4.69) is 23.7 Å². The Labute approximate surface area is 263 Å². The second kappa shape index (κ2) is 14.6. The van der Waals surface area contributed by atoms with Crippen LogP contribution in [0, 0.1) is 5.92 Å². The van der Waals surface area contributed by atoms with Crippen LogP contribution in [0.4, 0.5) is 10.5 Å². The predicted molar refractivity (Wildman–Crippen MR) is 168 cm³/mol. The zero-order valence-electron chi connectivity index (χ0n) is 25.5. The van der Waals surface area contributed by atoms with Crippen molar-refractivity contribution in [3.8, 4) is 0 Å². The van der Waals surface area contributed by atoms with Crippen LogP contribution in [-0.4, -0.2) is 60.2 Å². The summed E-state index contributed by atoms with van der Waals surface area (Å²) in [6, 6.07) is 22.8. The van der Waals surface area contributed by atoms with Crippen LogP contribution >= 0.6 is 0 Å². The van der Waals surface area contributed by atoms with E-state index in [1.165, 1.54) is 0 Å². The van der Waals surface area contributed by atoms with Crippen molar-refractivity contribution in [3.05, 3.63) is 114 Å². The minimum Gasteiger partial charge on any atom is -0.445 e. The Morgan fingerprint density at radius 1 is 1.02 bits per heavy atom. The van der Waals surface area contributed by atoms with E-state index < -0.39 is 30.2 Å². The number of carbonyl (C=O) groups excluding carboxylic acids is 3. The van der Waals surface area contributed by atoms with Gasteiger partial charge in [0.25, 0.3) is 5.91 Å². The van der Waals surface area contributed by atoms with Crippen molar-refractivity contribution in [3.63, 3.8) is 0 Å². The normalized spacial score (nSPS) is 23.3. The Hall–Kier alpha value is -4.35. The molecule has 3 aromatic rings. The molecule has 2 saturated heterocycles. The number of aliphatic hydroxyl groups excluding tert-OH is 1. The number of imide groups is 1. The molecule has 0 saturated carbocycles. The number of aliphatic hydroxyl groups is 1. The van der Waals surface area contributed by atoms with Gasteiger partial charge in [-0.05, 0) is 35.9 Å². The second-order valence-corrected chi connectivity index (χ2v) is 11.5. The summed E-state index contributed by atoms with van der Waals surface area (Å²) in [7, 11) is 2.01. The quantitative estimate of drug-likeness (QED) is 0.237. The molecule has 3 aromatic carbocycles. The van der Waals surface area contributed by atoms with Gasteiger partial charge in [-0.1, -0.05) is 79.7 Å². The zero-order chi connectivity index (χ0) is 31.9. The van der Waals surface area contributed by atoms with E-state index in [4.69, 9.17) is 14.2 Å². The van der Waals surface area contributed by atoms with Crippen molar-refractivity contribution in [2.45, 2.75) is 51.1 Å². The van der Waals surface area contributed by atoms with Gasteiger partial charge in [-0.2, -0.15) is 0 Å². The number of alkyl carbamates (subject to hydrolysis) is 1. The van der Waals surface area contributed by atoms with Crippen LogP contribution in [0.2, 0.25) is 0 Å². The van der Waals surface area contributed by atoms with E-state index in [1.807, 2.05) is 67.7 Å². The molecule has 236 valence electrons. The topological polar surface area (TPSA) is 118 Å². The SMILES string of the molecule is C=CCN(C)CC1OC(c2ccc(N3C(=O)CC(NC(=O)OCc4ccccc4)C3=O)cc2)OC(c2ccc(CO)cc2)C1C. The molecule has 0 aliphatic carbocycles. The Morgan fingerprint density at radius 2 is 1.71 bits per heavy atom. The van der Waals surface area contributed by atoms with Crippen LogP contribution in [0.25, 0.3) is 0 Å². The van der Waals surface area contributed by atoms with Gasteiger partial charge < -0.3 is 29.5 Å². The fraction of sp³-hybridized carbons (Fsp3) is 0.343. The summed E-state index contributed by atoms with van der Waals surface area (Å²) < 4.78 is 18.2. The second-order valence-electron chi connectivity index (χ2n) is 11.5. The highest BCUT2D eigenvalue weighted by molar-refractivity contribution is 6.22. The Kier molecular flexibility index (Phi) is 10.4. The van der Waals surface area contributed by atoms with E-state index in [0.29, 0.717) is 18.8 Å². The average Bonchev–Trinajstić information content (AvgIpc) is 3.33. The zero-order valence-corrected chi connectivity index (χ0v) is 25.5. The molecule has 5 atom stereocenters. The fourth-order valence-corrected chi connectivity index (χ4v) is 5.63. The maximum absolute atomic E-state index is 13.2. The lowest BCUT2D eigenvalue weighted by Crippen LogP contribution is -2.43. The number of benzene rings is 3. The van der Waals surface area contributed by atoms with Gasteiger partial charge in [0.05, 0.1) is 30.9 Å². The molecule has 2 aliphatic rings. The molecule has 0 radical (unpaired) electrons. The highest BCUT2D eigenvalue weighted by atomic mass is 16.7. The molecule has 2 aliphatic heterocycles. The summed E-state index contributed by atoms with van der Waals surface area (Å²) in [6.07, 6.45) is -0.208. The van der Waals surface area contributed by atoms with Crippen LogP contribution < -0.4 is 10.2 Å². The minimum atomic E-state index is -1.02. The number of nitrogens with one attached hydrogen (secondary N) is 1. The summed E-state index contributed by atoms with van der Waals surface area (Å²) in [4.78, 5) is 41.6. The molecule has 0 bridgehead atoms. The largest absolute Gasteiger partial charge is 0.445 e. The number of rotatable bonds is 11. The number of amides is 3. The summed E-state index contributed by atoms with van der Waals surface area (Å²) in [5.74, 6) is -0.923. The van der Waals surface area contributed by atoms with Gasteiger partial charge in [0, 0.05) is 24.6 Å². The number of carbonyl (C=O) groups is 3. The standard InChI is InChI=1S/C35H39N3O7/c1-4-18-37(3)20-30-23(2)32(26-12-10-24(21-39)11-13-26)45-34(44-30)27-14-16-28(17-15-27)38-31(40)19-29(33(38)41)36-35(42)43-22-25-8-6-5-7-9-25/h4-17,23,29-30,32,34,39H,1,18-22H2,2-3H3,(H,36,42). The van der Waals surface area contributed by atoms with Crippen molar-refractivity contribution in [1.82, 2.24) is 10.2 Å². The molecule has 2 fully saturated rings. The highest BCUT2D eigenvalue weighted by Crippen LogP contribution is 2.42.